The van der Waals surface area contributed by atoms with Crippen molar-refractivity contribution in [3.05, 3.63) is 35.6 Å². The third kappa shape index (κ3) is 3.86. The first-order valence-electron chi connectivity index (χ1n) is 10.6. The number of unbranched alkanes of at least 4 members (excludes halogenated alkanes) is 1. The van der Waals surface area contributed by atoms with E-state index in [1.165, 1.54) is 23.8 Å². The summed E-state index contributed by atoms with van der Waals surface area (Å²) >= 11 is 0. The zero-order valence-electron chi connectivity index (χ0n) is 17.6. The molecule has 0 spiro atoms. The number of aliphatic imine (C=N–C) groups is 1. The standard InChI is InChI=1S/C21H29FN6O2/c1-3-4-9-26-10-12-27(13-11-26)20-23-18-17(19(29)24-21(30)25(18)2)28(20)14-15-7-5-6-8-16(15)22/h5-8,17-18H,3-4,9-14H2,1-2H3,(H,24,29,30). The molecule has 0 aliphatic carbocycles. The summed E-state index contributed by atoms with van der Waals surface area (Å²) in [6.07, 6.45) is 1.74. The Balaban J connectivity index is 1.58. The van der Waals surface area contributed by atoms with E-state index in [-0.39, 0.29) is 18.3 Å². The fourth-order valence-corrected chi connectivity index (χ4v) is 4.31. The van der Waals surface area contributed by atoms with Crippen LogP contribution in [0.15, 0.2) is 29.3 Å². The molecular weight excluding hydrogens is 387 g/mol. The van der Waals surface area contributed by atoms with Gasteiger partial charge in [-0.25, -0.2) is 14.2 Å². The van der Waals surface area contributed by atoms with Crippen molar-refractivity contribution in [2.45, 2.75) is 38.5 Å². The highest BCUT2D eigenvalue weighted by atomic mass is 19.1. The largest absolute Gasteiger partial charge is 0.340 e. The Morgan fingerprint density at radius 3 is 2.60 bits per heavy atom. The first-order valence-corrected chi connectivity index (χ1v) is 10.6. The Kier molecular flexibility index (Phi) is 5.90. The molecule has 0 bridgehead atoms. The summed E-state index contributed by atoms with van der Waals surface area (Å²) in [7, 11) is 1.63. The lowest BCUT2D eigenvalue weighted by atomic mass is 10.1. The number of nitrogens with zero attached hydrogens (tertiary/aromatic N) is 5. The molecule has 2 unspecified atom stereocenters. The van der Waals surface area contributed by atoms with Gasteiger partial charge in [-0.05, 0) is 19.0 Å². The number of amides is 3. The van der Waals surface area contributed by atoms with E-state index in [9.17, 15) is 14.0 Å². The molecule has 30 heavy (non-hydrogen) atoms. The molecule has 2 fully saturated rings. The minimum atomic E-state index is -0.666. The van der Waals surface area contributed by atoms with Gasteiger partial charge in [-0.3, -0.25) is 15.0 Å². The summed E-state index contributed by atoms with van der Waals surface area (Å²) in [6, 6.07) is 5.45. The van der Waals surface area contributed by atoms with E-state index in [0.29, 0.717) is 11.5 Å². The van der Waals surface area contributed by atoms with Gasteiger partial charge < -0.3 is 14.7 Å². The maximum Gasteiger partial charge on any atom is 0.325 e. The van der Waals surface area contributed by atoms with Crippen LogP contribution in [-0.2, 0) is 11.3 Å². The van der Waals surface area contributed by atoms with Crippen molar-refractivity contribution in [1.82, 2.24) is 24.9 Å². The number of benzene rings is 1. The van der Waals surface area contributed by atoms with Gasteiger partial charge in [0, 0.05) is 45.3 Å². The van der Waals surface area contributed by atoms with E-state index in [1.807, 2.05) is 4.90 Å². The second-order valence-electron chi connectivity index (χ2n) is 8.09. The van der Waals surface area contributed by atoms with E-state index in [4.69, 9.17) is 4.99 Å². The number of hydrogen-bond donors (Lipinski definition) is 1. The molecule has 2 saturated heterocycles. The highest BCUT2D eigenvalue weighted by molar-refractivity contribution is 6.03. The smallest absolute Gasteiger partial charge is 0.325 e. The van der Waals surface area contributed by atoms with Crippen LogP contribution in [0.25, 0.3) is 0 Å². The average molecular weight is 417 g/mol. The quantitative estimate of drug-likeness (QED) is 0.783. The summed E-state index contributed by atoms with van der Waals surface area (Å²) in [5, 5.41) is 2.40. The Bertz CT molecular complexity index is 839. The Hall–Kier alpha value is -2.68. The number of hydrogen-bond acceptors (Lipinski definition) is 6. The predicted molar refractivity (Wildman–Crippen MR) is 111 cm³/mol. The number of imide groups is 1. The summed E-state index contributed by atoms with van der Waals surface area (Å²) in [6.45, 7) is 6.91. The van der Waals surface area contributed by atoms with Gasteiger partial charge in [0.05, 0.1) is 0 Å². The molecule has 162 valence electrons. The van der Waals surface area contributed by atoms with Crippen molar-refractivity contribution in [2.24, 2.45) is 4.99 Å². The third-order valence-corrected chi connectivity index (χ3v) is 6.12. The van der Waals surface area contributed by atoms with Gasteiger partial charge in [0.1, 0.15) is 5.82 Å². The van der Waals surface area contributed by atoms with Crippen molar-refractivity contribution >= 4 is 17.9 Å². The van der Waals surface area contributed by atoms with Crippen LogP contribution in [0.3, 0.4) is 0 Å². The topological polar surface area (TPSA) is 71.5 Å². The van der Waals surface area contributed by atoms with Gasteiger partial charge in [0.2, 0.25) is 0 Å². The SMILES string of the molecule is CCCCN1CCN(C2=NC3C(C(=O)NC(=O)N3C)N2Cc2ccccc2F)CC1. The van der Waals surface area contributed by atoms with Gasteiger partial charge in [-0.15, -0.1) is 0 Å². The second kappa shape index (κ2) is 8.59. The predicted octanol–water partition coefficient (Wildman–Crippen LogP) is 1.29. The van der Waals surface area contributed by atoms with Crippen molar-refractivity contribution in [3.8, 4) is 0 Å². The third-order valence-electron chi connectivity index (χ3n) is 6.12. The van der Waals surface area contributed by atoms with Crippen LogP contribution in [0.2, 0.25) is 0 Å². The van der Waals surface area contributed by atoms with Crippen molar-refractivity contribution in [3.63, 3.8) is 0 Å². The lowest BCUT2D eigenvalue weighted by molar-refractivity contribution is -0.127. The Morgan fingerprint density at radius 2 is 1.90 bits per heavy atom. The molecule has 3 amide bonds. The summed E-state index contributed by atoms with van der Waals surface area (Å²) in [5.41, 5.74) is 0.500. The van der Waals surface area contributed by atoms with Gasteiger partial charge in [-0.2, -0.15) is 0 Å². The molecule has 1 aromatic rings. The maximum absolute atomic E-state index is 14.4. The van der Waals surface area contributed by atoms with Crippen LogP contribution in [0.5, 0.6) is 0 Å². The first-order chi connectivity index (χ1) is 14.5. The first kappa shape index (κ1) is 20.6. The number of guanidine groups is 1. The number of nitrogens with one attached hydrogen (secondary N) is 1. The number of rotatable bonds is 5. The average Bonchev–Trinajstić information content (AvgIpc) is 3.12. The summed E-state index contributed by atoms with van der Waals surface area (Å²) in [5.74, 6) is -0.0369. The normalized spacial score (nSPS) is 24.8. The molecular formula is C21H29FN6O2. The Morgan fingerprint density at radius 1 is 1.17 bits per heavy atom. The molecule has 3 aliphatic rings. The van der Waals surface area contributed by atoms with Crippen molar-refractivity contribution in [1.29, 1.82) is 0 Å². The molecule has 2 atom stereocenters. The maximum atomic E-state index is 14.4. The molecule has 1 aromatic carbocycles. The van der Waals surface area contributed by atoms with Crippen molar-refractivity contribution < 1.29 is 14.0 Å². The van der Waals surface area contributed by atoms with Gasteiger partial charge in [0.25, 0.3) is 5.91 Å². The highest BCUT2D eigenvalue weighted by Gasteiger charge is 2.50. The lowest BCUT2D eigenvalue weighted by Crippen LogP contribution is -2.64. The van der Waals surface area contributed by atoms with Crippen LogP contribution in [0.4, 0.5) is 9.18 Å². The highest BCUT2D eigenvalue weighted by Crippen LogP contribution is 2.28. The molecule has 3 heterocycles. The van der Waals surface area contributed by atoms with Crippen LogP contribution in [0.1, 0.15) is 25.3 Å². The fourth-order valence-electron chi connectivity index (χ4n) is 4.31. The van der Waals surface area contributed by atoms with Crippen LogP contribution in [0, 0.1) is 5.82 Å². The zero-order valence-corrected chi connectivity index (χ0v) is 17.6. The van der Waals surface area contributed by atoms with Gasteiger partial charge in [0.15, 0.2) is 18.2 Å². The van der Waals surface area contributed by atoms with Crippen LogP contribution < -0.4 is 5.32 Å². The molecule has 1 N–H and O–H groups in total. The van der Waals surface area contributed by atoms with E-state index >= 15 is 0 Å². The van der Waals surface area contributed by atoms with Crippen molar-refractivity contribution in [2.75, 3.05) is 39.8 Å². The number of carbonyl (C=O) groups is 2. The molecule has 3 aliphatic heterocycles. The van der Waals surface area contributed by atoms with E-state index in [2.05, 4.69) is 22.0 Å². The molecule has 9 heteroatoms. The number of piperazine rings is 1. The Labute approximate surface area is 176 Å². The van der Waals surface area contributed by atoms with Gasteiger partial charge >= 0.3 is 6.03 Å². The molecule has 0 radical (unpaired) electrons. The summed E-state index contributed by atoms with van der Waals surface area (Å²) in [4.78, 5) is 37.5. The minimum absolute atomic E-state index is 0.220. The number of fused-ring (bicyclic) bond motifs is 1. The monoisotopic (exact) mass is 416 g/mol. The van der Waals surface area contributed by atoms with E-state index < -0.39 is 18.2 Å². The fraction of sp³-hybridized carbons (Fsp3) is 0.571. The number of halogens is 1. The minimum Gasteiger partial charge on any atom is -0.340 e. The lowest BCUT2D eigenvalue weighted by Gasteiger charge is -2.40. The number of urea groups is 1. The number of carbonyl (C=O) groups excluding carboxylic acids is 2. The molecule has 0 saturated carbocycles. The van der Waals surface area contributed by atoms with E-state index in [1.54, 1.807) is 25.2 Å². The van der Waals surface area contributed by atoms with Crippen LogP contribution >= 0.6 is 0 Å². The summed E-state index contributed by atoms with van der Waals surface area (Å²) < 4.78 is 14.4. The zero-order chi connectivity index (χ0) is 21.3. The molecule has 0 aromatic heterocycles. The molecule has 8 nitrogen and oxygen atoms in total. The number of likely N-dealkylation sites (N-methyl/N-ethyl adjacent to an activating group) is 1. The second-order valence-corrected chi connectivity index (χ2v) is 8.09. The van der Waals surface area contributed by atoms with Crippen LogP contribution in [-0.4, -0.2) is 89.5 Å². The molecule has 4 rings (SSSR count). The van der Waals surface area contributed by atoms with E-state index in [0.717, 1.165) is 32.7 Å². The van der Waals surface area contributed by atoms with Gasteiger partial charge in [-0.1, -0.05) is 31.5 Å².